The van der Waals surface area contributed by atoms with Gasteiger partial charge >= 0.3 is 0 Å². The molecule has 2 rings (SSSR count). The van der Waals surface area contributed by atoms with E-state index < -0.39 is 0 Å². The van der Waals surface area contributed by atoms with Gasteiger partial charge in [-0.1, -0.05) is 37.9 Å². The molecule has 98 valence electrons. The minimum atomic E-state index is -0.332. The van der Waals surface area contributed by atoms with Gasteiger partial charge in [0.15, 0.2) is 5.78 Å². The summed E-state index contributed by atoms with van der Waals surface area (Å²) in [5, 5.41) is 0. The number of carbonyl (C=O) groups excluding carboxylic acids is 1. The number of Topliss-reactive ketones (excluding diaryl/α,β-unsaturated/α-hetero) is 1. The summed E-state index contributed by atoms with van der Waals surface area (Å²) in [7, 11) is 0. The molecule has 0 saturated carbocycles. The minimum absolute atomic E-state index is 0.0158. The van der Waals surface area contributed by atoms with Gasteiger partial charge in [-0.25, -0.2) is 4.39 Å². The summed E-state index contributed by atoms with van der Waals surface area (Å²) in [6.45, 7) is 0. The van der Waals surface area contributed by atoms with Crippen molar-refractivity contribution in [2.75, 3.05) is 0 Å². The molecule has 0 aliphatic rings. The lowest BCUT2D eigenvalue weighted by Gasteiger charge is -2.05. The van der Waals surface area contributed by atoms with Crippen LogP contribution >= 0.6 is 47.8 Å². The fraction of sp³-hybridized carbons (Fsp3) is 0.0714. The molecule has 0 heterocycles. The van der Waals surface area contributed by atoms with Crippen LogP contribution in [0.5, 0.6) is 0 Å². The molecule has 0 amide bonds. The Bertz CT molecular complexity index is 641. The minimum Gasteiger partial charge on any atom is -0.294 e. The standard InChI is InChI=1S/C14H8Br3FO/c15-9-2-3-10(11(16)7-9)14(19)6-8-1-4-13(18)12(17)5-8/h1-5,7H,6H2. The first-order valence-corrected chi connectivity index (χ1v) is 7.77. The number of rotatable bonds is 3. The molecule has 2 aromatic carbocycles. The summed E-state index contributed by atoms with van der Waals surface area (Å²) < 4.78 is 15.1. The Hall–Kier alpha value is -0.520. The number of hydrogen-bond acceptors (Lipinski definition) is 1. The third-order valence-electron chi connectivity index (χ3n) is 2.58. The summed E-state index contributed by atoms with van der Waals surface area (Å²) in [4.78, 5) is 12.2. The molecular weight excluding hydrogens is 443 g/mol. The number of carbonyl (C=O) groups is 1. The van der Waals surface area contributed by atoms with Crippen LogP contribution < -0.4 is 0 Å². The Morgan fingerprint density at radius 3 is 2.37 bits per heavy atom. The lowest BCUT2D eigenvalue weighted by molar-refractivity contribution is 0.0992. The summed E-state index contributed by atoms with van der Waals surface area (Å²) in [6, 6.07) is 10.00. The molecular formula is C14H8Br3FO. The van der Waals surface area contributed by atoms with E-state index in [0.29, 0.717) is 10.0 Å². The van der Waals surface area contributed by atoms with Gasteiger partial charge in [0.1, 0.15) is 5.82 Å². The summed E-state index contributed by atoms with van der Waals surface area (Å²) in [5.41, 5.74) is 1.39. The maximum absolute atomic E-state index is 13.1. The molecule has 0 spiro atoms. The van der Waals surface area contributed by atoms with Crippen LogP contribution in [0.15, 0.2) is 49.8 Å². The maximum atomic E-state index is 13.1. The molecule has 0 aromatic heterocycles. The highest BCUT2D eigenvalue weighted by atomic mass is 79.9. The highest BCUT2D eigenvalue weighted by Gasteiger charge is 2.12. The Morgan fingerprint density at radius 2 is 1.74 bits per heavy atom. The predicted molar refractivity (Wildman–Crippen MR) is 84.0 cm³/mol. The van der Waals surface area contributed by atoms with Gasteiger partial charge in [-0.15, -0.1) is 0 Å². The number of ketones is 1. The molecule has 0 saturated heterocycles. The highest BCUT2D eigenvalue weighted by molar-refractivity contribution is 9.11. The van der Waals surface area contributed by atoms with E-state index in [4.69, 9.17) is 0 Å². The van der Waals surface area contributed by atoms with Crippen molar-refractivity contribution in [3.05, 3.63) is 66.8 Å². The molecule has 0 aliphatic heterocycles. The van der Waals surface area contributed by atoms with Crippen LogP contribution in [0, 0.1) is 5.82 Å². The van der Waals surface area contributed by atoms with Crippen LogP contribution in [0.1, 0.15) is 15.9 Å². The van der Waals surface area contributed by atoms with E-state index in [-0.39, 0.29) is 18.0 Å². The fourth-order valence-electron chi connectivity index (χ4n) is 1.65. The molecule has 0 unspecified atom stereocenters. The second-order valence-electron chi connectivity index (χ2n) is 3.97. The van der Waals surface area contributed by atoms with Crippen molar-refractivity contribution in [2.45, 2.75) is 6.42 Å². The van der Waals surface area contributed by atoms with E-state index >= 15 is 0 Å². The van der Waals surface area contributed by atoms with E-state index in [1.165, 1.54) is 6.07 Å². The predicted octanol–water partition coefficient (Wildman–Crippen LogP) is 5.54. The molecule has 0 bridgehead atoms. The third kappa shape index (κ3) is 3.74. The molecule has 0 N–H and O–H groups in total. The average molecular weight is 451 g/mol. The zero-order valence-electron chi connectivity index (χ0n) is 9.59. The van der Waals surface area contributed by atoms with Gasteiger partial charge in [-0.2, -0.15) is 0 Å². The van der Waals surface area contributed by atoms with Crippen molar-refractivity contribution >= 4 is 53.6 Å². The van der Waals surface area contributed by atoms with Gasteiger partial charge in [0.25, 0.3) is 0 Å². The highest BCUT2D eigenvalue weighted by Crippen LogP contribution is 2.24. The van der Waals surface area contributed by atoms with Crippen molar-refractivity contribution in [1.82, 2.24) is 0 Å². The van der Waals surface area contributed by atoms with Gasteiger partial charge in [0, 0.05) is 20.9 Å². The van der Waals surface area contributed by atoms with Crippen LogP contribution in [-0.4, -0.2) is 5.78 Å². The first-order chi connectivity index (χ1) is 8.97. The van der Waals surface area contributed by atoms with Crippen LogP contribution in [0.3, 0.4) is 0 Å². The van der Waals surface area contributed by atoms with Gasteiger partial charge in [-0.05, 0) is 51.8 Å². The summed E-state index contributed by atoms with van der Waals surface area (Å²) >= 11 is 9.82. The quantitative estimate of drug-likeness (QED) is 0.561. The Morgan fingerprint density at radius 1 is 1.00 bits per heavy atom. The Labute approximate surface area is 135 Å². The molecule has 0 atom stereocenters. The lowest BCUT2D eigenvalue weighted by Crippen LogP contribution is -2.04. The van der Waals surface area contributed by atoms with Gasteiger partial charge in [0.2, 0.25) is 0 Å². The molecule has 5 heteroatoms. The smallest absolute Gasteiger partial charge is 0.168 e. The van der Waals surface area contributed by atoms with Crippen molar-refractivity contribution < 1.29 is 9.18 Å². The molecule has 19 heavy (non-hydrogen) atoms. The van der Waals surface area contributed by atoms with Crippen LogP contribution in [0.25, 0.3) is 0 Å². The van der Waals surface area contributed by atoms with Crippen molar-refractivity contribution in [3.63, 3.8) is 0 Å². The topological polar surface area (TPSA) is 17.1 Å². The molecule has 1 nitrogen and oxygen atoms in total. The van der Waals surface area contributed by atoms with Crippen LogP contribution in [0.4, 0.5) is 4.39 Å². The van der Waals surface area contributed by atoms with Crippen LogP contribution in [-0.2, 0) is 6.42 Å². The van der Waals surface area contributed by atoms with Crippen molar-refractivity contribution in [2.24, 2.45) is 0 Å². The van der Waals surface area contributed by atoms with E-state index in [0.717, 1.165) is 14.5 Å². The fourth-order valence-corrected chi connectivity index (χ4v) is 3.34. The van der Waals surface area contributed by atoms with Crippen molar-refractivity contribution in [1.29, 1.82) is 0 Å². The largest absolute Gasteiger partial charge is 0.294 e. The number of hydrogen-bond donors (Lipinski definition) is 0. The van der Waals surface area contributed by atoms with E-state index in [9.17, 15) is 9.18 Å². The Kier molecular flexibility index (Phi) is 4.92. The second kappa shape index (κ2) is 6.29. The summed E-state index contributed by atoms with van der Waals surface area (Å²) in [5.74, 6) is -0.348. The SMILES string of the molecule is O=C(Cc1ccc(F)c(Br)c1)c1ccc(Br)cc1Br. The Balaban J connectivity index is 2.23. The van der Waals surface area contributed by atoms with E-state index in [1.54, 1.807) is 18.2 Å². The number of benzene rings is 2. The van der Waals surface area contributed by atoms with Gasteiger partial charge in [0.05, 0.1) is 4.47 Å². The monoisotopic (exact) mass is 448 g/mol. The maximum Gasteiger partial charge on any atom is 0.168 e. The molecule has 2 aromatic rings. The zero-order chi connectivity index (χ0) is 14.0. The first-order valence-electron chi connectivity index (χ1n) is 5.39. The lowest BCUT2D eigenvalue weighted by atomic mass is 10.0. The van der Waals surface area contributed by atoms with E-state index in [2.05, 4.69) is 47.8 Å². The zero-order valence-corrected chi connectivity index (χ0v) is 14.3. The van der Waals surface area contributed by atoms with Crippen molar-refractivity contribution in [3.8, 4) is 0 Å². The molecule has 0 fully saturated rings. The number of halogens is 4. The summed E-state index contributed by atoms with van der Waals surface area (Å²) in [6.07, 6.45) is 0.235. The molecule has 0 radical (unpaired) electrons. The average Bonchev–Trinajstić information content (AvgIpc) is 2.33. The third-order valence-corrected chi connectivity index (χ3v) is 4.34. The second-order valence-corrected chi connectivity index (χ2v) is 6.60. The first kappa shape index (κ1) is 14.9. The normalized spacial score (nSPS) is 10.5. The van der Waals surface area contributed by atoms with E-state index in [1.807, 2.05) is 12.1 Å². The van der Waals surface area contributed by atoms with Gasteiger partial charge < -0.3 is 0 Å². The molecule has 0 aliphatic carbocycles. The van der Waals surface area contributed by atoms with Gasteiger partial charge in [-0.3, -0.25) is 4.79 Å². The van der Waals surface area contributed by atoms with Crippen LogP contribution in [0.2, 0.25) is 0 Å².